The monoisotopic (exact) mass is 211 g/mol. The number of hydrogen-bond acceptors (Lipinski definition) is 4. The summed E-state index contributed by atoms with van der Waals surface area (Å²) in [6.07, 6.45) is 2.55. The maximum atomic E-state index is 11.5. The molecule has 0 saturated carbocycles. The van der Waals surface area contributed by atoms with E-state index in [0.29, 0.717) is 6.42 Å². The zero-order valence-corrected chi connectivity index (χ0v) is 9.19. The fraction of sp³-hybridized carbons (Fsp3) is 0.600. The van der Waals surface area contributed by atoms with Gasteiger partial charge in [0.25, 0.3) is 0 Å². The van der Waals surface area contributed by atoms with E-state index in [1.807, 2.05) is 6.92 Å². The first-order valence-electron chi connectivity index (χ1n) is 4.78. The average molecular weight is 211 g/mol. The molecule has 0 saturated heterocycles. The van der Waals surface area contributed by atoms with E-state index in [9.17, 15) is 4.79 Å². The number of thiazole rings is 1. The van der Waals surface area contributed by atoms with Crippen LogP contribution in [0.2, 0.25) is 0 Å². The van der Waals surface area contributed by atoms with Crippen LogP contribution in [0.3, 0.4) is 0 Å². The van der Waals surface area contributed by atoms with Crippen molar-refractivity contribution in [2.75, 3.05) is 7.11 Å². The predicted molar refractivity (Wildman–Crippen MR) is 54.8 cm³/mol. The Labute approximate surface area is 87.1 Å². The molecule has 0 aliphatic heterocycles. The SMILES string of the molecule is COC(C)c1nc2c(s1)C(=O)CCC2. The first kappa shape index (κ1) is 9.80. The van der Waals surface area contributed by atoms with E-state index >= 15 is 0 Å². The van der Waals surface area contributed by atoms with Gasteiger partial charge in [-0.05, 0) is 19.8 Å². The number of carbonyl (C=O) groups excluding carboxylic acids is 1. The Hall–Kier alpha value is -0.740. The standard InChI is InChI=1S/C10H13NO2S/c1-6(13-2)10-11-7-4-3-5-8(12)9(7)14-10/h6H,3-5H2,1-2H3. The Morgan fingerprint density at radius 2 is 2.29 bits per heavy atom. The number of ether oxygens (including phenoxy) is 1. The number of nitrogens with zero attached hydrogens (tertiary/aromatic N) is 1. The fourth-order valence-electron chi connectivity index (χ4n) is 1.56. The Kier molecular flexibility index (Phi) is 2.65. The summed E-state index contributed by atoms with van der Waals surface area (Å²) in [7, 11) is 1.66. The quantitative estimate of drug-likeness (QED) is 0.754. The molecule has 4 heteroatoms. The summed E-state index contributed by atoms with van der Waals surface area (Å²) in [6, 6.07) is 0. The lowest BCUT2D eigenvalue weighted by Gasteiger charge is -2.06. The van der Waals surface area contributed by atoms with Crippen LogP contribution in [-0.2, 0) is 11.2 Å². The van der Waals surface area contributed by atoms with Crippen LogP contribution in [0.15, 0.2) is 0 Å². The van der Waals surface area contributed by atoms with E-state index in [-0.39, 0.29) is 11.9 Å². The molecule has 0 spiro atoms. The molecule has 1 aromatic rings. The number of ketones is 1. The van der Waals surface area contributed by atoms with Crippen LogP contribution in [0, 0.1) is 0 Å². The molecule has 14 heavy (non-hydrogen) atoms. The van der Waals surface area contributed by atoms with E-state index in [1.165, 1.54) is 11.3 Å². The van der Waals surface area contributed by atoms with Crippen molar-refractivity contribution < 1.29 is 9.53 Å². The van der Waals surface area contributed by atoms with Crippen molar-refractivity contribution in [2.45, 2.75) is 32.3 Å². The second-order valence-corrected chi connectivity index (χ2v) is 4.51. The molecule has 1 aromatic heterocycles. The van der Waals surface area contributed by atoms with Gasteiger partial charge >= 0.3 is 0 Å². The zero-order valence-electron chi connectivity index (χ0n) is 8.37. The number of methoxy groups -OCH3 is 1. The molecule has 76 valence electrons. The van der Waals surface area contributed by atoms with Crippen molar-refractivity contribution in [3.8, 4) is 0 Å². The van der Waals surface area contributed by atoms with Gasteiger partial charge in [0.15, 0.2) is 5.78 Å². The Morgan fingerprint density at radius 1 is 1.50 bits per heavy atom. The van der Waals surface area contributed by atoms with E-state index < -0.39 is 0 Å². The van der Waals surface area contributed by atoms with E-state index in [4.69, 9.17) is 4.74 Å². The van der Waals surface area contributed by atoms with Gasteiger partial charge in [-0.2, -0.15) is 0 Å². The summed E-state index contributed by atoms with van der Waals surface area (Å²) < 4.78 is 5.19. The van der Waals surface area contributed by atoms with Crippen LogP contribution in [0.25, 0.3) is 0 Å². The van der Waals surface area contributed by atoms with Gasteiger partial charge in [-0.1, -0.05) is 0 Å². The van der Waals surface area contributed by atoms with Crippen LogP contribution in [-0.4, -0.2) is 17.9 Å². The van der Waals surface area contributed by atoms with Crippen LogP contribution in [0.5, 0.6) is 0 Å². The number of rotatable bonds is 2. The summed E-state index contributed by atoms with van der Waals surface area (Å²) >= 11 is 1.49. The van der Waals surface area contributed by atoms with Crippen molar-refractivity contribution in [3.05, 3.63) is 15.6 Å². The van der Waals surface area contributed by atoms with Crippen LogP contribution < -0.4 is 0 Å². The van der Waals surface area contributed by atoms with Crippen molar-refractivity contribution >= 4 is 17.1 Å². The second-order valence-electron chi connectivity index (χ2n) is 3.48. The predicted octanol–water partition coefficient (Wildman–Crippen LogP) is 2.37. The van der Waals surface area contributed by atoms with Crippen molar-refractivity contribution in [3.63, 3.8) is 0 Å². The van der Waals surface area contributed by atoms with Crippen molar-refractivity contribution in [1.82, 2.24) is 4.98 Å². The summed E-state index contributed by atoms with van der Waals surface area (Å²) in [5.74, 6) is 0.248. The molecule has 0 bridgehead atoms. The highest BCUT2D eigenvalue weighted by molar-refractivity contribution is 7.14. The maximum absolute atomic E-state index is 11.5. The fourth-order valence-corrected chi connectivity index (χ4v) is 2.67. The Bertz CT molecular complexity index is 359. The smallest absolute Gasteiger partial charge is 0.174 e. The summed E-state index contributed by atoms with van der Waals surface area (Å²) in [5.41, 5.74) is 0.977. The lowest BCUT2D eigenvalue weighted by molar-refractivity contribution is 0.0976. The number of aromatic nitrogens is 1. The van der Waals surface area contributed by atoms with Crippen molar-refractivity contribution in [2.24, 2.45) is 0 Å². The van der Waals surface area contributed by atoms with Gasteiger partial charge in [0.2, 0.25) is 0 Å². The number of Topliss-reactive ketones (excluding diaryl/α,β-unsaturated/α-hetero) is 1. The van der Waals surface area contributed by atoms with Crippen LogP contribution in [0.4, 0.5) is 0 Å². The third-order valence-corrected chi connectivity index (χ3v) is 3.79. The average Bonchev–Trinajstić information content (AvgIpc) is 2.62. The van der Waals surface area contributed by atoms with Gasteiger partial charge < -0.3 is 4.74 Å². The molecule has 1 heterocycles. The number of aryl methyl sites for hydroxylation is 1. The summed E-state index contributed by atoms with van der Waals surface area (Å²) in [6.45, 7) is 1.95. The normalized spacial score (nSPS) is 18.0. The third-order valence-electron chi connectivity index (χ3n) is 2.49. The topological polar surface area (TPSA) is 39.2 Å². The molecule has 0 amide bonds. The molecule has 3 nitrogen and oxygen atoms in total. The minimum Gasteiger partial charge on any atom is -0.375 e. The molecule has 2 rings (SSSR count). The van der Waals surface area contributed by atoms with Gasteiger partial charge in [-0.15, -0.1) is 11.3 Å². The Balaban J connectivity index is 2.35. The summed E-state index contributed by atoms with van der Waals surface area (Å²) in [4.78, 5) is 16.8. The van der Waals surface area contributed by atoms with Gasteiger partial charge in [0.05, 0.1) is 10.6 Å². The van der Waals surface area contributed by atoms with E-state index in [2.05, 4.69) is 4.98 Å². The number of fused-ring (bicyclic) bond motifs is 1. The molecule has 0 fully saturated rings. The minimum absolute atomic E-state index is 0.00148. The lowest BCUT2D eigenvalue weighted by atomic mass is 10.0. The number of hydrogen-bond donors (Lipinski definition) is 0. The highest BCUT2D eigenvalue weighted by Crippen LogP contribution is 2.30. The molecule has 0 radical (unpaired) electrons. The summed E-state index contributed by atoms with van der Waals surface area (Å²) in [5, 5.41) is 0.924. The van der Waals surface area contributed by atoms with Crippen LogP contribution in [0.1, 0.15) is 46.2 Å². The number of carbonyl (C=O) groups is 1. The molecule has 1 aliphatic rings. The highest BCUT2D eigenvalue weighted by atomic mass is 32.1. The van der Waals surface area contributed by atoms with Gasteiger partial charge in [0.1, 0.15) is 11.1 Å². The highest BCUT2D eigenvalue weighted by Gasteiger charge is 2.23. The molecule has 1 aliphatic carbocycles. The lowest BCUT2D eigenvalue weighted by Crippen LogP contribution is -2.07. The van der Waals surface area contributed by atoms with E-state index in [1.54, 1.807) is 7.11 Å². The minimum atomic E-state index is -0.00148. The molecular weight excluding hydrogens is 198 g/mol. The molecule has 0 N–H and O–H groups in total. The molecule has 1 atom stereocenters. The largest absolute Gasteiger partial charge is 0.375 e. The van der Waals surface area contributed by atoms with Gasteiger partial charge in [-0.25, -0.2) is 4.98 Å². The zero-order chi connectivity index (χ0) is 10.1. The molecule has 1 unspecified atom stereocenters. The maximum Gasteiger partial charge on any atom is 0.174 e. The first-order chi connectivity index (χ1) is 6.72. The third kappa shape index (κ3) is 1.60. The molecular formula is C10H13NO2S. The van der Waals surface area contributed by atoms with Crippen LogP contribution >= 0.6 is 11.3 Å². The van der Waals surface area contributed by atoms with Gasteiger partial charge in [-0.3, -0.25) is 4.79 Å². The molecule has 0 aromatic carbocycles. The second kappa shape index (κ2) is 3.79. The first-order valence-corrected chi connectivity index (χ1v) is 5.59. The van der Waals surface area contributed by atoms with Gasteiger partial charge in [0, 0.05) is 13.5 Å². The van der Waals surface area contributed by atoms with E-state index in [0.717, 1.165) is 28.4 Å². The Morgan fingerprint density at radius 3 is 2.93 bits per heavy atom. The van der Waals surface area contributed by atoms with Crippen molar-refractivity contribution in [1.29, 1.82) is 0 Å².